The fraction of sp³-hybridized carbons (Fsp3) is 0.405. The lowest BCUT2D eigenvalue weighted by atomic mass is 9.83. The Bertz CT molecular complexity index is 3140. The molecule has 0 aliphatic rings. The lowest BCUT2D eigenvalue weighted by Gasteiger charge is -2.21. The summed E-state index contributed by atoms with van der Waals surface area (Å²) < 4.78 is 0. The second-order valence-corrected chi connectivity index (χ2v) is 24.9. The second kappa shape index (κ2) is 35.1. The molecule has 0 unspecified atom stereocenters. The van der Waals surface area contributed by atoms with Crippen LogP contribution >= 0.6 is 0 Å². The average Bonchev–Trinajstić information content (AvgIpc) is 3.61. The van der Waals surface area contributed by atoms with Crippen molar-refractivity contribution in [2.75, 3.05) is 0 Å². The van der Waals surface area contributed by atoms with Crippen molar-refractivity contribution in [3.63, 3.8) is 0 Å². The van der Waals surface area contributed by atoms with Crippen molar-refractivity contribution in [2.45, 2.75) is 221 Å². The summed E-state index contributed by atoms with van der Waals surface area (Å²) in [5.74, 6) is 0. The van der Waals surface area contributed by atoms with Crippen molar-refractivity contribution in [2.24, 2.45) is 0 Å². The van der Waals surface area contributed by atoms with Gasteiger partial charge >= 0.3 is 0 Å². The van der Waals surface area contributed by atoms with Crippen molar-refractivity contribution >= 4 is 12.2 Å². The van der Waals surface area contributed by atoms with E-state index in [4.69, 9.17) is 0 Å². The van der Waals surface area contributed by atoms with Gasteiger partial charge in [-0.05, 0) is 207 Å². The van der Waals surface area contributed by atoms with Crippen molar-refractivity contribution < 1.29 is 0 Å². The van der Waals surface area contributed by atoms with Gasteiger partial charge in [0, 0.05) is 0 Å². The van der Waals surface area contributed by atoms with Crippen molar-refractivity contribution in [1.29, 1.82) is 0 Å². The van der Waals surface area contributed by atoms with E-state index in [1.807, 2.05) is 0 Å². The Balaban J connectivity index is 1.33. The summed E-state index contributed by atoms with van der Waals surface area (Å²) in [6.45, 7) is 13.9. The molecule has 0 bridgehead atoms. The maximum atomic E-state index is 2.69. The minimum atomic E-state index is 1.07. The lowest BCUT2D eigenvalue weighted by Crippen LogP contribution is -2.01. The molecule has 0 heterocycles. The van der Waals surface area contributed by atoms with Crippen LogP contribution in [0.15, 0.2) is 170 Å². The summed E-state index contributed by atoms with van der Waals surface area (Å²) >= 11 is 0. The highest BCUT2D eigenvalue weighted by Gasteiger charge is 2.19. The number of unbranched alkanes of at least 4 members (excludes halogenated alkanes) is 20. The summed E-state index contributed by atoms with van der Waals surface area (Å²) in [5, 5.41) is 0. The van der Waals surface area contributed by atoms with E-state index in [1.165, 1.54) is 265 Å². The monoisotopic (exact) mass is 1110 g/mol. The van der Waals surface area contributed by atoms with Crippen LogP contribution in [0.5, 0.6) is 0 Å². The fourth-order valence-corrected chi connectivity index (χ4v) is 12.7. The average molecular weight is 1110 g/mol. The largest absolute Gasteiger partial charge is 0.0654 e. The Labute approximate surface area is 511 Å². The van der Waals surface area contributed by atoms with Crippen LogP contribution in [0.3, 0.4) is 0 Å². The molecule has 0 amide bonds. The molecule has 8 rings (SSSR count). The number of aryl methyl sites for hydroxylation is 6. The second-order valence-electron chi connectivity index (χ2n) is 24.9. The molecule has 8 aromatic carbocycles. The number of benzene rings is 8. The van der Waals surface area contributed by atoms with Crippen molar-refractivity contribution in [1.82, 2.24) is 0 Å². The molecule has 0 saturated heterocycles. The predicted molar refractivity (Wildman–Crippen MR) is 372 cm³/mol. The van der Waals surface area contributed by atoms with Gasteiger partial charge in [0.05, 0.1) is 0 Å². The molecule has 0 heteroatoms. The molecule has 8 aromatic rings. The van der Waals surface area contributed by atoms with E-state index in [9.17, 15) is 0 Å². The number of hydrogen-bond acceptors (Lipinski definition) is 0. The quantitative estimate of drug-likeness (QED) is 0.0271. The van der Waals surface area contributed by atoms with Crippen LogP contribution in [0.4, 0.5) is 0 Å². The number of rotatable bonds is 36. The molecule has 0 nitrogen and oxygen atoms in total. The molecular weight excluding hydrogens is 1010 g/mol. The van der Waals surface area contributed by atoms with Crippen LogP contribution in [-0.2, 0) is 25.7 Å². The molecule has 0 aliphatic heterocycles. The minimum absolute atomic E-state index is 1.07. The normalized spacial score (nSPS) is 11.5. The van der Waals surface area contributed by atoms with Crippen LogP contribution in [0, 0.1) is 13.8 Å². The molecule has 0 aliphatic carbocycles. The molecule has 0 atom stereocenters. The molecule has 440 valence electrons. The van der Waals surface area contributed by atoms with Gasteiger partial charge in [0.2, 0.25) is 0 Å². The van der Waals surface area contributed by atoms with E-state index in [1.54, 1.807) is 0 Å². The first kappa shape index (κ1) is 63.5. The van der Waals surface area contributed by atoms with Gasteiger partial charge < -0.3 is 0 Å². The minimum Gasteiger partial charge on any atom is -0.0654 e. The van der Waals surface area contributed by atoms with Crippen LogP contribution in [0.2, 0.25) is 0 Å². The van der Waals surface area contributed by atoms with Gasteiger partial charge in [0.25, 0.3) is 0 Å². The molecule has 0 aromatic heterocycles. The van der Waals surface area contributed by atoms with Gasteiger partial charge in [-0.2, -0.15) is 0 Å². The first-order valence-corrected chi connectivity index (χ1v) is 33.9. The topological polar surface area (TPSA) is 0 Å². The smallest absolute Gasteiger partial charge is 0.0148 e. The zero-order valence-corrected chi connectivity index (χ0v) is 53.1. The van der Waals surface area contributed by atoms with E-state index in [2.05, 4.69) is 224 Å². The van der Waals surface area contributed by atoms with E-state index < -0.39 is 0 Å². The molecule has 0 N–H and O–H groups in total. The highest BCUT2D eigenvalue weighted by molar-refractivity contribution is 5.88. The zero-order chi connectivity index (χ0) is 58.6. The first-order valence-electron chi connectivity index (χ1n) is 33.9. The first-order chi connectivity index (χ1) is 41.3. The Morgan fingerprint density at radius 1 is 0.238 bits per heavy atom. The highest BCUT2D eigenvalue weighted by Crippen LogP contribution is 2.42. The van der Waals surface area contributed by atoms with Crippen molar-refractivity contribution in [3.8, 4) is 66.8 Å². The predicted octanol–water partition coefficient (Wildman–Crippen LogP) is 26.1. The highest BCUT2D eigenvalue weighted by atomic mass is 14.2. The van der Waals surface area contributed by atoms with Gasteiger partial charge in [-0.1, -0.05) is 307 Å². The molecule has 0 spiro atoms. The maximum Gasteiger partial charge on any atom is -0.0148 e. The summed E-state index contributed by atoms with van der Waals surface area (Å²) in [6, 6.07) is 66.2. The lowest BCUT2D eigenvalue weighted by molar-refractivity contribution is 0.605. The Kier molecular flexibility index (Phi) is 26.5. The van der Waals surface area contributed by atoms with E-state index in [-0.39, 0.29) is 0 Å². The SMILES string of the molecule is CCCCCCCCc1cc(-c2cc(-c3cc(-c4ccccc4)cc(-c4ccccc4)c3)cc(-c3cc(CCCCCCCC)c(-c4ccc(/C=C/c5ccc(C)cc5)cc4)cc3CCCCCCCC)c2)c(CCCCCCCC)cc1C. The summed E-state index contributed by atoms with van der Waals surface area (Å²) in [7, 11) is 0. The van der Waals surface area contributed by atoms with Gasteiger partial charge in [-0.3, -0.25) is 0 Å². The molecule has 0 fully saturated rings. The molecule has 0 radical (unpaired) electrons. The Morgan fingerprint density at radius 2 is 0.536 bits per heavy atom. The molecule has 84 heavy (non-hydrogen) atoms. The third kappa shape index (κ3) is 19.5. The van der Waals surface area contributed by atoms with Gasteiger partial charge in [0.1, 0.15) is 0 Å². The van der Waals surface area contributed by atoms with E-state index >= 15 is 0 Å². The third-order valence-corrected chi connectivity index (χ3v) is 17.9. The Morgan fingerprint density at radius 3 is 0.940 bits per heavy atom. The third-order valence-electron chi connectivity index (χ3n) is 17.9. The van der Waals surface area contributed by atoms with Crippen LogP contribution < -0.4 is 0 Å². The van der Waals surface area contributed by atoms with Crippen LogP contribution in [-0.4, -0.2) is 0 Å². The summed E-state index contributed by atoms with van der Waals surface area (Å²) in [6.07, 6.45) is 40.1. The number of hydrogen-bond donors (Lipinski definition) is 0. The van der Waals surface area contributed by atoms with Crippen LogP contribution in [0.25, 0.3) is 78.9 Å². The Hall–Kier alpha value is -6.50. The zero-order valence-electron chi connectivity index (χ0n) is 53.1. The fourth-order valence-electron chi connectivity index (χ4n) is 12.7. The molecular formula is C84H104. The van der Waals surface area contributed by atoms with E-state index in [0.29, 0.717) is 0 Å². The summed E-state index contributed by atoms with van der Waals surface area (Å²) in [4.78, 5) is 0. The molecule has 0 saturated carbocycles. The van der Waals surface area contributed by atoms with Gasteiger partial charge in [-0.15, -0.1) is 0 Å². The van der Waals surface area contributed by atoms with E-state index in [0.717, 1.165) is 25.7 Å². The van der Waals surface area contributed by atoms with Crippen LogP contribution in [0.1, 0.15) is 226 Å². The standard InChI is InChI=1S/C84H104/c1-7-11-15-19-23-29-41-72-62-83(73(55-66(72)6)42-30-24-20-16-12-8-2)80-59-79(78-57-76(69-37-33-27-34-38-69)56-77(58-78)70-39-35-28-36-40-70)60-81(61-80)84-64-74(43-31-25-21-17-13-9-3)82(63-75(84)44-32-26-22-18-14-10-4)71-53-51-68(52-54-71)50-49-67-47-45-65(5)46-48-67/h27-28,33-40,45-64H,7-26,29-32,41-44H2,1-6H3/b50-49+. The maximum absolute atomic E-state index is 2.69. The van der Waals surface area contributed by atoms with Gasteiger partial charge in [0.15, 0.2) is 0 Å². The van der Waals surface area contributed by atoms with Crippen molar-refractivity contribution in [3.05, 3.63) is 214 Å². The summed E-state index contributed by atoms with van der Waals surface area (Å²) in [5.41, 5.74) is 27.2. The van der Waals surface area contributed by atoms with Gasteiger partial charge in [-0.25, -0.2) is 0 Å².